The number of nitrogens with two attached hydrogens (primary N) is 1. The van der Waals surface area contributed by atoms with Crippen molar-refractivity contribution in [1.82, 2.24) is 0 Å². The van der Waals surface area contributed by atoms with E-state index in [4.69, 9.17) is 20.3 Å². The van der Waals surface area contributed by atoms with Gasteiger partial charge in [0.25, 0.3) is 0 Å². The molecule has 0 aliphatic carbocycles. The second-order valence-electron chi connectivity index (χ2n) is 3.09. The fourth-order valence-electron chi connectivity index (χ4n) is 1.06. The van der Waals surface area contributed by atoms with E-state index in [9.17, 15) is 4.79 Å². The Balaban J connectivity index is 2.27. The van der Waals surface area contributed by atoms with Crippen LogP contribution in [-0.4, -0.2) is 37.5 Å². The summed E-state index contributed by atoms with van der Waals surface area (Å²) in [6, 6.07) is 6.48. The van der Waals surface area contributed by atoms with Gasteiger partial charge in [0.1, 0.15) is 6.61 Å². The number of nitrogen functional groups attached to an aromatic ring is 1. The lowest BCUT2D eigenvalue weighted by molar-refractivity contribution is 0.0258. The summed E-state index contributed by atoms with van der Waals surface area (Å²) in [5, 5.41) is 8.43. The first-order valence-electron chi connectivity index (χ1n) is 4.95. The Morgan fingerprint density at radius 3 is 2.50 bits per heavy atom. The molecule has 1 aromatic rings. The normalized spacial score (nSPS) is 10.1. The van der Waals surface area contributed by atoms with Crippen molar-refractivity contribution in [1.29, 1.82) is 0 Å². The number of rotatable bonds is 6. The highest BCUT2D eigenvalue weighted by Gasteiger charge is 2.05. The molecule has 0 spiro atoms. The van der Waals surface area contributed by atoms with Crippen molar-refractivity contribution >= 4 is 11.7 Å². The standard InChI is InChI=1S/C11H15NO4/c12-10-3-1-9(2-4-10)11(14)16-8-7-15-6-5-13/h1-4,13H,5-8,12H2. The third kappa shape index (κ3) is 4.29. The molecule has 0 heterocycles. The van der Waals surface area contributed by atoms with Gasteiger partial charge in [-0.1, -0.05) is 0 Å². The molecule has 0 aliphatic rings. The van der Waals surface area contributed by atoms with Crippen LogP contribution in [0, 0.1) is 0 Å². The summed E-state index contributed by atoms with van der Waals surface area (Å²) >= 11 is 0. The smallest absolute Gasteiger partial charge is 0.338 e. The summed E-state index contributed by atoms with van der Waals surface area (Å²) in [6.07, 6.45) is 0. The summed E-state index contributed by atoms with van der Waals surface area (Å²) in [5.41, 5.74) is 6.54. The molecule has 0 saturated heterocycles. The van der Waals surface area contributed by atoms with Crippen molar-refractivity contribution in [2.75, 3.05) is 32.2 Å². The zero-order valence-corrected chi connectivity index (χ0v) is 8.89. The number of anilines is 1. The van der Waals surface area contributed by atoms with Gasteiger partial charge in [0.15, 0.2) is 0 Å². The Morgan fingerprint density at radius 2 is 1.88 bits per heavy atom. The molecule has 1 aromatic carbocycles. The zero-order chi connectivity index (χ0) is 11.8. The van der Waals surface area contributed by atoms with Gasteiger partial charge in [0.2, 0.25) is 0 Å². The molecule has 0 aromatic heterocycles. The van der Waals surface area contributed by atoms with Crippen molar-refractivity contribution < 1.29 is 19.4 Å². The summed E-state index contributed by atoms with van der Waals surface area (Å²) in [7, 11) is 0. The summed E-state index contributed by atoms with van der Waals surface area (Å²) in [4.78, 5) is 11.4. The van der Waals surface area contributed by atoms with Crippen LogP contribution in [-0.2, 0) is 9.47 Å². The monoisotopic (exact) mass is 225 g/mol. The number of carbonyl (C=O) groups excluding carboxylic acids is 1. The first-order valence-corrected chi connectivity index (χ1v) is 4.95. The van der Waals surface area contributed by atoms with Gasteiger partial charge in [-0.05, 0) is 24.3 Å². The predicted molar refractivity (Wildman–Crippen MR) is 59.0 cm³/mol. The van der Waals surface area contributed by atoms with Crippen LogP contribution in [0.1, 0.15) is 10.4 Å². The van der Waals surface area contributed by atoms with Crippen molar-refractivity contribution in [3.05, 3.63) is 29.8 Å². The minimum Gasteiger partial charge on any atom is -0.460 e. The molecule has 0 fully saturated rings. The number of hydrogen-bond acceptors (Lipinski definition) is 5. The zero-order valence-electron chi connectivity index (χ0n) is 8.89. The van der Waals surface area contributed by atoms with E-state index in [1.165, 1.54) is 0 Å². The summed E-state index contributed by atoms with van der Waals surface area (Å²) in [6.45, 7) is 0.663. The van der Waals surface area contributed by atoms with E-state index in [-0.39, 0.29) is 26.4 Å². The molecule has 0 atom stereocenters. The third-order valence-corrected chi connectivity index (χ3v) is 1.84. The second-order valence-corrected chi connectivity index (χ2v) is 3.09. The minimum absolute atomic E-state index is 0.0358. The van der Waals surface area contributed by atoms with E-state index in [0.29, 0.717) is 11.3 Å². The molecule has 1 rings (SSSR count). The van der Waals surface area contributed by atoms with Gasteiger partial charge >= 0.3 is 5.97 Å². The van der Waals surface area contributed by atoms with Crippen molar-refractivity contribution in [2.24, 2.45) is 0 Å². The number of ether oxygens (including phenoxy) is 2. The van der Waals surface area contributed by atoms with Crippen LogP contribution in [0.15, 0.2) is 24.3 Å². The van der Waals surface area contributed by atoms with E-state index in [2.05, 4.69) is 0 Å². The third-order valence-electron chi connectivity index (χ3n) is 1.84. The first kappa shape index (κ1) is 12.5. The Labute approximate surface area is 93.8 Å². The predicted octanol–water partition coefficient (Wildman–Crippen LogP) is 0.434. The SMILES string of the molecule is Nc1ccc(C(=O)OCCOCCO)cc1. The molecular weight excluding hydrogens is 210 g/mol. The Hall–Kier alpha value is -1.59. The average molecular weight is 225 g/mol. The number of aliphatic hydroxyl groups is 1. The highest BCUT2D eigenvalue weighted by molar-refractivity contribution is 5.89. The quantitative estimate of drug-likeness (QED) is 0.417. The number of hydrogen-bond donors (Lipinski definition) is 2. The molecule has 0 bridgehead atoms. The van der Waals surface area contributed by atoms with Crippen LogP contribution in [0.2, 0.25) is 0 Å². The molecule has 88 valence electrons. The Kier molecular flexibility index (Phi) is 5.31. The van der Waals surface area contributed by atoms with E-state index in [1.54, 1.807) is 24.3 Å². The summed E-state index contributed by atoms with van der Waals surface area (Å²) < 4.78 is 9.87. The van der Waals surface area contributed by atoms with E-state index < -0.39 is 5.97 Å². The number of aliphatic hydroxyl groups excluding tert-OH is 1. The molecular formula is C11H15NO4. The van der Waals surface area contributed by atoms with E-state index >= 15 is 0 Å². The van der Waals surface area contributed by atoms with Gasteiger partial charge in [0.05, 0.1) is 25.4 Å². The van der Waals surface area contributed by atoms with Crippen molar-refractivity contribution in [3.8, 4) is 0 Å². The molecule has 0 saturated carbocycles. The van der Waals surface area contributed by atoms with Crippen LogP contribution in [0.4, 0.5) is 5.69 Å². The molecule has 0 aliphatic heterocycles. The van der Waals surface area contributed by atoms with E-state index in [1.807, 2.05) is 0 Å². The van der Waals surface area contributed by atoms with Gasteiger partial charge in [-0.25, -0.2) is 4.79 Å². The topological polar surface area (TPSA) is 81.8 Å². The average Bonchev–Trinajstić information content (AvgIpc) is 2.29. The molecule has 16 heavy (non-hydrogen) atoms. The lowest BCUT2D eigenvalue weighted by Gasteiger charge is -2.05. The number of esters is 1. The van der Waals surface area contributed by atoms with Gasteiger partial charge in [-0.2, -0.15) is 0 Å². The molecule has 0 amide bonds. The fraction of sp³-hybridized carbons (Fsp3) is 0.364. The van der Waals surface area contributed by atoms with Gasteiger partial charge in [-0.15, -0.1) is 0 Å². The molecule has 3 N–H and O–H groups in total. The molecule has 0 radical (unpaired) electrons. The van der Waals surface area contributed by atoms with Gasteiger partial charge < -0.3 is 20.3 Å². The fourth-order valence-corrected chi connectivity index (χ4v) is 1.06. The van der Waals surface area contributed by atoms with Crippen LogP contribution in [0.25, 0.3) is 0 Å². The number of carbonyl (C=O) groups is 1. The van der Waals surface area contributed by atoms with Crippen molar-refractivity contribution in [3.63, 3.8) is 0 Å². The highest BCUT2D eigenvalue weighted by atomic mass is 16.6. The largest absolute Gasteiger partial charge is 0.460 e. The van der Waals surface area contributed by atoms with Crippen LogP contribution < -0.4 is 5.73 Å². The maximum atomic E-state index is 11.4. The maximum absolute atomic E-state index is 11.4. The lowest BCUT2D eigenvalue weighted by Crippen LogP contribution is -2.12. The van der Waals surface area contributed by atoms with E-state index in [0.717, 1.165) is 0 Å². The second kappa shape index (κ2) is 6.81. The molecule has 0 unspecified atom stereocenters. The van der Waals surface area contributed by atoms with Gasteiger partial charge in [-0.3, -0.25) is 0 Å². The van der Waals surface area contributed by atoms with Crippen LogP contribution in [0.3, 0.4) is 0 Å². The number of benzene rings is 1. The molecule has 5 heteroatoms. The summed E-state index contributed by atoms with van der Waals surface area (Å²) in [5.74, 6) is -0.410. The Morgan fingerprint density at radius 1 is 1.19 bits per heavy atom. The van der Waals surface area contributed by atoms with Crippen LogP contribution >= 0.6 is 0 Å². The lowest BCUT2D eigenvalue weighted by atomic mass is 10.2. The highest BCUT2D eigenvalue weighted by Crippen LogP contribution is 2.06. The maximum Gasteiger partial charge on any atom is 0.338 e. The first-order chi connectivity index (χ1) is 7.74. The van der Waals surface area contributed by atoms with Gasteiger partial charge in [0, 0.05) is 5.69 Å². The minimum atomic E-state index is -0.410. The van der Waals surface area contributed by atoms with Crippen LogP contribution in [0.5, 0.6) is 0 Å². The Bertz CT molecular complexity index is 323. The molecule has 5 nitrogen and oxygen atoms in total. The van der Waals surface area contributed by atoms with Crippen molar-refractivity contribution in [2.45, 2.75) is 0 Å².